The third-order valence-corrected chi connectivity index (χ3v) is 2.02. The van der Waals surface area contributed by atoms with Gasteiger partial charge in [-0.15, -0.1) is 0 Å². The molecule has 0 spiro atoms. The minimum atomic E-state index is 0.830. The molecule has 0 radical (unpaired) electrons. The fourth-order valence-corrected chi connectivity index (χ4v) is 1.43. The van der Waals surface area contributed by atoms with E-state index >= 15 is 0 Å². The number of hydrogen-bond donors (Lipinski definition) is 2. The van der Waals surface area contributed by atoms with Crippen molar-refractivity contribution in [2.24, 2.45) is 0 Å². The van der Waals surface area contributed by atoms with Gasteiger partial charge in [0.1, 0.15) is 0 Å². The van der Waals surface area contributed by atoms with Gasteiger partial charge in [0.2, 0.25) is 0 Å². The van der Waals surface area contributed by atoms with Crippen LogP contribution in [-0.2, 0) is 6.54 Å². The van der Waals surface area contributed by atoms with Crippen molar-refractivity contribution in [3.05, 3.63) is 29.2 Å². The van der Waals surface area contributed by atoms with Gasteiger partial charge >= 0.3 is 0 Å². The zero-order valence-corrected chi connectivity index (χ0v) is 6.46. The van der Waals surface area contributed by atoms with E-state index < -0.39 is 0 Å². The molecule has 0 bridgehead atoms. The Kier molecular flexibility index (Phi) is 1.18. The number of nitrogens with one attached hydrogen (secondary N) is 1. The summed E-state index contributed by atoms with van der Waals surface area (Å²) in [6, 6.07) is 0. The van der Waals surface area contributed by atoms with E-state index in [0.717, 1.165) is 12.2 Å². The van der Waals surface area contributed by atoms with Crippen LogP contribution in [0, 0.1) is 6.92 Å². The highest BCUT2D eigenvalue weighted by Crippen LogP contribution is 2.18. The smallest absolute Gasteiger partial charge is 0.0658 e. The second-order valence-electron chi connectivity index (χ2n) is 2.79. The molecular formula is C8H11N3. The van der Waals surface area contributed by atoms with E-state index in [1.54, 1.807) is 4.68 Å². The summed E-state index contributed by atoms with van der Waals surface area (Å²) < 4.78 is 1.68. The van der Waals surface area contributed by atoms with Crippen molar-refractivity contribution in [3.63, 3.8) is 0 Å². The summed E-state index contributed by atoms with van der Waals surface area (Å²) in [5.41, 5.74) is 3.65. The molecule has 0 unspecified atom stereocenters. The van der Waals surface area contributed by atoms with Crippen LogP contribution < -0.4 is 11.2 Å². The maximum Gasteiger partial charge on any atom is 0.0658 e. The molecule has 0 aliphatic carbocycles. The van der Waals surface area contributed by atoms with Gasteiger partial charge in [0.05, 0.1) is 12.2 Å². The van der Waals surface area contributed by atoms with E-state index in [1.807, 2.05) is 12.4 Å². The lowest BCUT2D eigenvalue weighted by molar-refractivity contribution is 0.779. The predicted molar refractivity (Wildman–Crippen MR) is 45.2 cm³/mol. The molecule has 1 aromatic rings. The maximum absolute atomic E-state index is 5.70. The average molecular weight is 149 g/mol. The Balaban J connectivity index is 2.63. The minimum absolute atomic E-state index is 0.830. The van der Waals surface area contributed by atoms with Gasteiger partial charge in [0, 0.05) is 11.8 Å². The van der Waals surface area contributed by atoms with Gasteiger partial charge < -0.3 is 11.2 Å². The number of aryl methyl sites for hydroxylation is 1. The Bertz CT molecular complexity index is 309. The first-order chi connectivity index (χ1) is 5.29. The predicted octanol–water partition coefficient (Wildman–Crippen LogP) is 0.584. The highest BCUT2D eigenvalue weighted by atomic mass is 15.3. The summed E-state index contributed by atoms with van der Waals surface area (Å²) in [5.74, 6) is 5.70. The fourth-order valence-electron chi connectivity index (χ4n) is 1.43. The van der Waals surface area contributed by atoms with Crippen LogP contribution >= 0.6 is 0 Å². The van der Waals surface area contributed by atoms with E-state index in [0.29, 0.717) is 0 Å². The van der Waals surface area contributed by atoms with E-state index in [9.17, 15) is 0 Å². The van der Waals surface area contributed by atoms with Crippen LogP contribution in [0.4, 0.5) is 0 Å². The van der Waals surface area contributed by atoms with Crippen molar-refractivity contribution in [1.82, 2.24) is 9.99 Å². The van der Waals surface area contributed by atoms with Gasteiger partial charge in [0.15, 0.2) is 0 Å². The van der Waals surface area contributed by atoms with Crippen molar-refractivity contribution in [1.29, 1.82) is 0 Å². The minimum Gasteiger partial charge on any atom is -0.385 e. The highest BCUT2D eigenvalue weighted by Gasteiger charge is 2.10. The van der Waals surface area contributed by atoms with Crippen LogP contribution in [0.25, 0.3) is 6.08 Å². The fraction of sp³-hybridized carbons (Fsp3) is 0.250. The van der Waals surface area contributed by atoms with E-state index in [-0.39, 0.29) is 0 Å². The Labute approximate surface area is 65.5 Å². The average Bonchev–Trinajstić information content (AvgIpc) is 2.30. The second-order valence-corrected chi connectivity index (χ2v) is 2.79. The van der Waals surface area contributed by atoms with Crippen LogP contribution in [0.5, 0.6) is 0 Å². The van der Waals surface area contributed by atoms with Crippen LogP contribution in [0.15, 0.2) is 12.4 Å². The van der Waals surface area contributed by atoms with Gasteiger partial charge in [-0.1, -0.05) is 0 Å². The Hall–Kier alpha value is -1.38. The zero-order valence-electron chi connectivity index (χ0n) is 6.46. The van der Waals surface area contributed by atoms with E-state index in [4.69, 9.17) is 5.84 Å². The molecule has 1 aliphatic rings. The van der Waals surface area contributed by atoms with Crippen molar-refractivity contribution in [2.45, 2.75) is 13.5 Å². The van der Waals surface area contributed by atoms with E-state index in [1.165, 1.54) is 11.1 Å². The number of nitrogens with two attached hydrogens (primary N) is 1. The molecular weight excluding hydrogens is 138 g/mol. The van der Waals surface area contributed by atoms with Crippen LogP contribution in [0.1, 0.15) is 16.8 Å². The van der Waals surface area contributed by atoms with Gasteiger partial charge in [-0.05, 0) is 24.8 Å². The lowest BCUT2D eigenvalue weighted by Crippen LogP contribution is -2.18. The molecule has 3 nitrogen and oxygen atoms in total. The first-order valence-corrected chi connectivity index (χ1v) is 3.65. The molecule has 0 aromatic carbocycles. The van der Waals surface area contributed by atoms with Crippen molar-refractivity contribution in [2.75, 3.05) is 5.84 Å². The van der Waals surface area contributed by atoms with Crippen LogP contribution in [-0.4, -0.2) is 4.68 Å². The first-order valence-electron chi connectivity index (χ1n) is 3.65. The van der Waals surface area contributed by atoms with Gasteiger partial charge in [-0.2, -0.15) is 0 Å². The molecule has 0 saturated carbocycles. The second kappa shape index (κ2) is 2.05. The molecule has 0 amide bonds. The molecule has 11 heavy (non-hydrogen) atoms. The number of aromatic nitrogens is 1. The quantitative estimate of drug-likeness (QED) is 0.530. The Morgan fingerprint density at radius 1 is 1.64 bits per heavy atom. The number of hydrogen-bond acceptors (Lipinski definition) is 2. The molecule has 0 atom stereocenters. The van der Waals surface area contributed by atoms with Crippen LogP contribution in [0.2, 0.25) is 0 Å². The largest absolute Gasteiger partial charge is 0.385 e. The van der Waals surface area contributed by atoms with Crippen molar-refractivity contribution < 1.29 is 0 Å². The summed E-state index contributed by atoms with van der Waals surface area (Å²) in [5, 5.41) is 3.11. The monoisotopic (exact) mass is 149 g/mol. The van der Waals surface area contributed by atoms with Crippen molar-refractivity contribution in [3.8, 4) is 0 Å². The van der Waals surface area contributed by atoms with E-state index in [2.05, 4.69) is 18.3 Å². The highest BCUT2D eigenvalue weighted by molar-refractivity contribution is 5.58. The Morgan fingerprint density at radius 3 is 3.18 bits per heavy atom. The summed E-state index contributed by atoms with van der Waals surface area (Å²) in [4.78, 5) is 0. The number of nitrogen functional groups attached to an aromatic ring is 1. The standard InChI is InChI=1S/C8H11N3/c1-6-5-11(9)8-4-10-3-2-7(6)8/h2-3,5,10H,4,9H2,1H3. The molecule has 0 fully saturated rings. The lowest BCUT2D eigenvalue weighted by atomic mass is 10.1. The third-order valence-electron chi connectivity index (χ3n) is 2.02. The molecule has 3 N–H and O–H groups in total. The van der Waals surface area contributed by atoms with Crippen LogP contribution in [0.3, 0.4) is 0 Å². The molecule has 2 rings (SSSR count). The topological polar surface area (TPSA) is 43.0 Å². The van der Waals surface area contributed by atoms with Gasteiger partial charge in [0.25, 0.3) is 0 Å². The summed E-state index contributed by atoms with van der Waals surface area (Å²) >= 11 is 0. The van der Waals surface area contributed by atoms with Crippen molar-refractivity contribution >= 4 is 6.08 Å². The maximum atomic E-state index is 5.70. The summed E-state index contributed by atoms with van der Waals surface area (Å²) in [7, 11) is 0. The SMILES string of the molecule is Cc1cn(N)c2c1C=CNC2. The van der Waals surface area contributed by atoms with Gasteiger partial charge in [-0.3, -0.25) is 4.68 Å². The number of rotatable bonds is 0. The molecule has 0 saturated heterocycles. The normalized spacial score (nSPS) is 14.3. The number of nitrogens with zero attached hydrogens (tertiary/aromatic N) is 1. The lowest BCUT2D eigenvalue weighted by Gasteiger charge is -2.09. The molecule has 58 valence electrons. The van der Waals surface area contributed by atoms with Gasteiger partial charge in [-0.25, -0.2) is 0 Å². The third kappa shape index (κ3) is 0.808. The molecule has 1 aliphatic heterocycles. The molecule has 1 aromatic heterocycles. The molecule has 2 heterocycles. The number of fused-ring (bicyclic) bond motifs is 1. The Morgan fingerprint density at radius 2 is 2.45 bits per heavy atom. The zero-order chi connectivity index (χ0) is 7.84. The summed E-state index contributed by atoms with van der Waals surface area (Å²) in [6.07, 6.45) is 5.95. The summed E-state index contributed by atoms with van der Waals surface area (Å²) in [6.45, 7) is 2.90. The first kappa shape index (κ1) is 6.34. The molecule has 3 heteroatoms.